The van der Waals surface area contributed by atoms with Crippen molar-refractivity contribution in [3.63, 3.8) is 0 Å². The Morgan fingerprint density at radius 3 is 2.29 bits per heavy atom. The van der Waals surface area contributed by atoms with Crippen molar-refractivity contribution in [3.8, 4) is 0 Å². The van der Waals surface area contributed by atoms with Crippen molar-refractivity contribution in [2.24, 2.45) is 4.99 Å². The summed E-state index contributed by atoms with van der Waals surface area (Å²) in [5, 5.41) is 0. The van der Waals surface area contributed by atoms with E-state index in [0.29, 0.717) is 6.04 Å². The molecule has 2 nitrogen and oxygen atoms in total. The van der Waals surface area contributed by atoms with Gasteiger partial charge in [-0.05, 0) is 0 Å². The first-order valence-corrected chi connectivity index (χ1v) is 6.63. The summed E-state index contributed by atoms with van der Waals surface area (Å²) in [6, 6.07) is 0.584. The van der Waals surface area contributed by atoms with Gasteiger partial charge in [0.25, 0.3) is 0 Å². The third-order valence-electron chi connectivity index (χ3n) is 2.90. The molecular formula is C11H21N2Se. The topological polar surface area (TPSA) is 15.6 Å². The third-order valence-corrected chi connectivity index (χ3v) is 3.66. The molecule has 0 saturated heterocycles. The van der Waals surface area contributed by atoms with Gasteiger partial charge in [-0.3, -0.25) is 0 Å². The molecule has 0 aliphatic heterocycles. The molecule has 0 aromatic carbocycles. The van der Waals surface area contributed by atoms with Gasteiger partial charge in [-0.25, -0.2) is 0 Å². The molecular weight excluding hydrogens is 239 g/mol. The minimum absolute atomic E-state index is 0.584. The van der Waals surface area contributed by atoms with E-state index in [1.165, 1.54) is 32.1 Å². The van der Waals surface area contributed by atoms with Crippen LogP contribution in [-0.2, 0) is 0 Å². The van der Waals surface area contributed by atoms with Crippen LogP contribution in [0.25, 0.3) is 0 Å². The van der Waals surface area contributed by atoms with Crippen molar-refractivity contribution in [1.82, 2.24) is 4.90 Å². The first-order chi connectivity index (χ1) is 6.77. The number of hydrogen-bond donors (Lipinski definition) is 0. The summed E-state index contributed by atoms with van der Waals surface area (Å²) >= 11 is 3.10. The van der Waals surface area contributed by atoms with Gasteiger partial charge in [0.05, 0.1) is 0 Å². The Hall–Kier alpha value is -0.0105. The van der Waals surface area contributed by atoms with Crippen LogP contribution in [0.5, 0.6) is 0 Å². The Balaban J connectivity index is 2.47. The predicted molar refractivity (Wildman–Crippen MR) is 63.0 cm³/mol. The van der Waals surface area contributed by atoms with Gasteiger partial charge in [0.15, 0.2) is 0 Å². The van der Waals surface area contributed by atoms with Crippen LogP contribution in [0.15, 0.2) is 4.99 Å². The van der Waals surface area contributed by atoms with Crippen LogP contribution in [0, 0.1) is 0 Å². The summed E-state index contributed by atoms with van der Waals surface area (Å²) in [4.78, 5) is 7.05. The van der Waals surface area contributed by atoms with Gasteiger partial charge in [0.1, 0.15) is 0 Å². The first-order valence-electron chi connectivity index (χ1n) is 5.77. The number of amidine groups is 1. The normalized spacial score (nSPS) is 19.7. The fraction of sp³-hybridized carbons (Fsp3) is 0.909. The SMILES string of the molecule is CCN(CC)C([Se])=NC1CCCCC1. The Labute approximate surface area is 96.0 Å². The molecule has 0 amide bonds. The molecule has 0 unspecified atom stereocenters. The number of nitrogens with zero attached hydrogens (tertiary/aromatic N) is 2. The van der Waals surface area contributed by atoms with Gasteiger partial charge in [-0.1, -0.05) is 0 Å². The second-order valence-corrected chi connectivity index (χ2v) is 4.64. The summed E-state index contributed by atoms with van der Waals surface area (Å²) < 4.78 is 1.11. The molecule has 0 N–H and O–H groups in total. The van der Waals surface area contributed by atoms with Crippen molar-refractivity contribution in [2.45, 2.75) is 52.0 Å². The summed E-state index contributed by atoms with van der Waals surface area (Å²) in [5.41, 5.74) is 0. The Morgan fingerprint density at radius 1 is 1.21 bits per heavy atom. The zero-order valence-corrected chi connectivity index (χ0v) is 11.0. The Bertz CT molecular complexity index is 182. The van der Waals surface area contributed by atoms with Crippen molar-refractivity contribution < 1.29 is 0 Å². The van der Waals surface area contributed by atoms with E-state index in [1.807, 2.05) is 0 Å². The summed E-state index contributed by atoms with van der Waals surface area (Å²) in [5.74, 6) is 0. The number of hydrogen-bond acceptors (Lipinski definition) is 1. The van der Waals surface area contributed by atoms with Crippen LogP contribution >= 0.6 is 0 Å². The molecule has 1 fully saturated rings. The monoisotopic (exact) mass is 261 g/mol. The van der Waals surface area contributed by atoms with E-state index in [9.17, 15) is 0 Å². The molecule has 1 aliphatic carbocycles. The first kappa shape index (κ1) is 12.1. The van der Waals surface area contributed by atoms with Gasteiger partial charge in [-0.15, -0.1) is 0 Å². The van der Waals surface area contributed by atoms with Crippen LogP contribution in [0.1, 0.15) is 46.0 Å². The standard InChI is InChI=1S/C11H21N2Se/c1-3-13(4-2)11(14)12-10-8-6-5-7-9-10/h10H,3-9H2,1-2H3. The van der Waals surface area contributed by atoms with Gasteiger partial charge < -0.3 is 0 Å². The van der Waals surface area contributed by atoms with E-state index in [1.54, 1.807) is 0 Å². The molecule has 14 heavy (non-hydrogen) atoms. The van der Waals surface area contributed by atoms with Crippen molar-refractivity contribution >= 4 is 20.7 Å². The Kier molecular flexibility index (Phi) is 5.57. The number of aliphatic imine (C=N–C) groups is 1. The minimum atomic E-state index is 0.584. The van der Waals surface area contributed by atoms with Gasteiger partial charge >= 0.3 is 95.7 Å². The van der Waals surface area contributed by atoms with Gasteiger partial charge in [0.2, 0.25) is 0 Å². The molecule has 81 valence electrons. The molecule has 1 rings (SSSR count). The van der Waals surface area contributed by atoms with Crippen molar-refractivity contribution in [1.29, 1.82) is 0 Å². The molecule has 0 bridgehead atoms. The van der Waals surface area contributed by atoms with E-state index < -0.39 is 0 Å². The summed E-state index contributed by atoms with van der Waals surface area (Å²) in [6.07, 6.45) is 6.69. The quantitative estimate of drug-likeness (QED) is 0.431. The van der Waals surface area contributed by atoms with Gasteiger partial charge in [0, 0.05) is 0 Å². The molecule has 0 aromatic rings. The molecule has 1 radical (unpaired) electrons. The van der Waals surface area contributed by atoms with E-state index in [2.05, 4.69) is 34.8 Å². The fourth-order valence-electron chi connectivity index (χ4n) is 1.94. The zero-order valence-electron chi connectivity index (χ0n) is 9.33. The molecule has 0 aromatic heterocycles. The van der Waals surface area contributed by atoms with E-state index in [-0.39, 0.29) is 0 Å². The van der Waals surface area contributed by atoms with Crippen LogP contribution < -0.4 is 0 Å². The molecule has 1 aliphatic rings. The summed E-state index contributed by atoms with van der Waals surface area (Å²) in [7, 11) is 0. The zero-order chi connectivity index (χ0) is 10.4. The molecule has 3 heteroatoms. The van der Waals surface area contributed by atoms with Crippen LogP contribution in [-0.4, -0.2) is 44.8 Å². The predicted octanol–water partition coefficient (Wildman–Crippen LogP) is 2.19. The van der Waals surface area contributed by atoms with E-state index in [4.69, 9.17) is 4.99 Å². The Morgan fingerprint density at radius 2 is 1.79 bits per heavy atom. The average molecular weight is 260 g/mol. The third kappa shape index (κ3) is 3.62. The van der Waals surface area contributed by atoms with Crippen LogP contribution in [0.4, 0.5) is 0 Å². The molecule has 0 heterocycles. The van der Waals surface area contributed by atoms with Crippen LogP contribution in [0.2, 0.25) is 0 Å². The maximum absolute atomic E-state index is 4.77. The average Bonchev–Trinajstić information content (AvgIpc) is 2.21. The second kappa shape index (κ2) is 6.47. The fourth-order valence-corrected chi connectivity index (χ4v) is 2.80. The second-order valence-electron chi connectivity index (χ2n) is 3.88. The number of rotatable bonds is 3. The maximum atomic E-state index is 4.77. The van der Waals surface area contributed by atoms with Gasteiger partial charge in [-0.2, -0.15) is 0 Å². The molecule has 1 saturated carbocycles. The molecule has 0 spiro atoms. The van der Waals surface area contributed by atoms with Crippen molar-refractivity contribution in [2.75, 3.05) is 13.1 Å². The van der Waals surface area contributed by atoms with Crippen molar-refractivity contribution in [3.05, 3.63) is 0 Å². The van der Waals surface area contributed by atoms with E-state index >= 15 is 0 Å². The van der Waals surface area contributed by atoms with E-state index in [0.717, 1.165) is 17.8 Å². The van der Waals surface area contributed by atoms with Crippen LogP contribution in [0.3, 0.4) is 0 Å². The summed E-state index contributed by atoms with van der Waals surface area (Å²) in [6.45, 7) is 6.46. The molecule has 0 atom stereocenters.